The van der Waals surface area contributed by atoms with Gasteiger partial charge in [-0.2, -0.15) is 0 Å². The van der Waals surface area contributed by atoms with Gasteiger partial charge in [-0.05, 0) is 67.4 Å². The molecule has 1 unspecified atom stereocenters. The fraction of sp³-hybridized carbons (Fsp3) is 0.167. The second kappa shape index (κ2) is 8.59. The first-order valence-corrected chi connectivity index (χ1v) is 10.1. The first-order chi connectivity index (χ1) is 14.5. The van der Waals surface area contributed by atoms with Gasteiger partial charge < -0.3 is 15.0 Å². The van der Waals surface area contributed by atoms with Crippen LogP contribution < -0.4 is 15.0 Å². The number of halogens is 1. The molecule has 0 saturated carbocycles. The number of hydrogen-bond acceptors (Lipinski definition) is 3. The number of amides is 2. The van der Waals surface area contributed by atoms with E-state index in [9.17, 15) is 9.59 Å². The SMILES string of the molecule is CC(Oc1cccc(Cl)c1)C(=O)Nc1ccc(C(=O)N2CCc3ccccc32)cc1. The van der Waals surface area contributed by atoms with Gasteiger partial charge in [-0.3, -0.25) is 9.59 Å². The molecule has 0 aromatic heterocycles. The minimum Gasteiger partial charge on any atom is -0.481 e. The van der Waals surface area contributed by atoms with E-state index < -0.39 is 6.10 Å². The van der Waals surface area contributed by atoms with Crippen LogP contribution in [0.2, 0.25) is 5.02 Å². The molecule has 1 aliphatic heterocycles. The molecule has 6 heteroatoms. The second-order valence-electron chi connectivity index (χ2n) is 7.12. The molecule has 4 rings (SSSR count). The van der Waals surface area contributed by atoms with Gasteiger partial charge in [-0.1, -0.05) is 35.9 Å². The summed E-state index contributed by atoms with van der Waals surface area (Å²) in [5, 5.41) is 3.35. The minimum atomic E-state index is -0.703. The van der Waals surface area contributed by atoms with Gasteiger partial charge in [0.25, 0.3) is 11.8 Å². The Bertz CT molecular complexity index is 1080. The molecule has 152 valence electrons. The lowest BCUT2D eigenvalue weighted by Gasteiger charge is -2.18. The van der Waals surface area contributed by atoms with Crippen LogP contribution in [0, 0.1) is 0 Å². The first kappa shape index (κ1) is 20.0. The second-order valence-corrected chi connectivity index (χ2v) is 7.56. The van der Waals surface area contributed by atoms with Gasteiger partial charge in [-0.25, -0.2) is 0 Å². The zero-order valence-corrected chi connectivity index (χ0v) is 17.2. The number of nitrogens with one attached hydrogen (secondary N) is 1. The van der Waals surface area contributed by atoms with Crippen LogP contribution in [-0.4, -0.2) is 24.5 Å². The number of carbonyl (C=O) groups is 2. The molecule has 0 bridgehead atoms. The Balaban J connectivity index is 1.39. The summed E-state index contributed by atoms with van der Waals surface area (Å²) in [5.74, 6) is 0.190. The average molecular weight is 421 g/mol. The molecule has 0 fully saturated rings. The maximum Gasteiger partial charge on any atom is 0.265 e. The maximum absolute atomic E-state index is 12.9. The van der Waals surface area contributed by atoms with E-state index in [0.717, 1.165) is 12.1 Å². The molecule has 0 radical (unpaired) electrons. The molecule has 1 N–H and O–H groups in total. The van der Waals surface area contributed by atoms with Gasteiger partial charge >= 0.3 is 0 Å². The van der Waals surface area contributed by atoms with Crippen molar-refractivity contribution in [3.05, 3.63) is 88.9 Å². The van der Waals surface area contributed by atoms with Crippen molar-refractivity contribution in [2.75, 3.05) is 16.8 Å². The Morgan fingerprint density at radius 3 is 2.57 bits per heavy atom. The number of nitrogens with zero attached hydrogens (tertiary/aromatic N) is 1. The van der Waals surface area contributed by atoms with Crippen LogP contribution in [-0.2, 0) is 11.2 Å². The van der Waals surface area contributed by atoms with Crippen molar-refractivity contribution in [1.82, 2.24) is 0 Å². The molecule has 0 spiro atoms. The van der Waals surface area contributed by atoms with Gasteiger partial charge in [0.05, 0.1) is 0 Å². The van der Waals surface area contributed by atoms with Crippen LogP contribution in [0.15, 0.2) is 72.8 Å². The lowest BCUT2D eigenvalue weighted by atomic mass is 10.1. The third-order valence-corrected chi connectivity index (χ3v) is 5.24. The molecule has 3 aromatic carbocycles. The number of carbonyl (C=O) groups excluding carboxylic acids is 2. The monoisotopic (exact) mass is 420 g/mol. The highest BCUT2D eigenvalue weighted by Crippen LogP contribution is 2.29. The Labute approximate surface area is 180 Å². The predicted molar refractivity (Wildman–Crippen MR) is 118 cm³/mol. The molecule has 5 nitrogen and oxygen atoms in total. The number of para-hydroxylation sites is 1. The van der Waals surface area contributed by atoms with E-state index in [2.05, 4.69) is 5.32 Å². The van der Waals surface area contributed by atoms with Gasteiger partial charge in [0.15, 0.2) is 6.10 Å². The van der Waals surface area contributed by atoms with Gasteiger partial charge in [-0.15, -0.1) is 0 Å². The van der Waals surface area contributed by atoms with Crippen LogP contribution >= 0.6 is 11.6 Å². The summed E-state index contributed by atoms with van der Waals surface area (Å²) in [7, 11) is 0. The highest BCUT2D eigenvalue weighted by Gasteiger charge is 2.25. The molecule has 3 aromatic rings. The van der Waals surface area contributed by atoms with Crippen molar-refractivity contribution in [3.63, 3.8) is 0 Å². The van der Waals surface area contributed by atoms with Gasteiger partial charge in [0, 0.05) is 28.5 Å². The van der Waals surface area contributed by atoms with Crippen LogP contribution in [0.25, 0.3) is 0 Å². The number of rotatable bonds is 5. The zero-order chi connectivity index (χ0) is 21.1. The van der Waals surface area contributed by atoms with Gasteiger partial charge in [0.2, 0.25) is 0 Å². The third kappa shape index (κ3) is 4.31. The highest BCUT2D eigenvalue weighted by atomic mass is 35.5. The average Bonchev–Trinajstić information content (AvgIpc) is 3.18. The van der Waals surface area contributed by atoms with E-state index in [1.165, 1.54) is 5.56 Å². The van der Waals surface area contributed by atoms with E-state index in [4.69, 9.17) is 16.3 Å². The van der Waals surface area contributed by atoms with E-state index in [1.54, 1.807) is 60.4 Å². The molecule has 1 atom stereocenters. The molecule has 0 aliphatic carbocycles. The molecule has 0 saturated heterocycles. The third-order valence-electron chi connectivity index (χ3n) is 5.01. The number of benzene rings is 3. The summed E-state index contributed by atoms with van der Waals surface area (Å²) in [6, 6.07) is 21.7. The smallest absolute Gasteiger partial charge is 0.265 e. The zero-order valence-electron chi connectivity index (χ0n) is 16.5. The van der Waals surface area contributed by atoms with Crippen molar-refractivity contribution in [2.45, 2.75) is 19.4 Å². The van der Waals surface area contributed by atoms with E-state index in [-0.39, 0.29) is 11.8 Å². The van der Waals surface area contributed by atoms with Crippen molar-refractivity contribution >= 4 is 34.8 Å². The topological polar surface area (TPSA) is 58.6 Å². The van der Waals surface area contributed by atoms with E-state index in [0.29, 0.717) is 28.6 Å². The van der Waals surface area contributed by atoms with Crippen LogP contribution in [0.4, 0.5) is 11.4 Å². The number of fused-ring (bicyclic) bond motifs is 1. The maximum atomic E-state index is 12.9. The number of anilines is 2. The van der Waals surface area contributed by atoms with Crippen molar-refractivity contribution in [2.24, 2.45) is 0 Å². The van der Waals surface area contributed by atoms with E-state index >= 15 is 0 Å². The fourth-order valence-electron chi connectivity index (χ4n) is 3.44. The molecule has 1 aliphatic rings. The van der Waals surface area contributed by atoms with Crippen molar-refractivity contribution < 1.29 is 14.3 Å². The fourth-order valence-corrected chi connectivity index (χ4v) is 3.62. The summed E-state index contributed by atoms with van der Waals surface area (Å²) in [6.45, 7) is 2.34. The quantitative estimate of drug-likeness (QED) is 0.635. The predicted octanol–water partition coefficient (Wildman–Crippen LogP) is 4.95. The normalized spacial score (nSPS) is 13.5. The van der Waals surface area contributed by atoms with Crippen LogP contribution in [0.1, 0.15) is 22.8 Å². The van der Waals surface area contributed by atoms with Gasteiger partial charge in [0.1, 0.15) is 5.75 Å². The summed E-state index contributed by atoms with van der Waals surface area (Å²) in [6.07, 6.45) is 0.159. The molecule has 1 heterocycles. The molecular formula is C24H21ClN2O3. The lowest BCUT2D eigenvalue weighted by Crippen LogP contribution is -2.30. The Morgan fingerprint density at radius 2 is 1.80 bits per heavy atom. The lowest BCUT2D eigenvalue weighted by molar-refractivity contribution is -0.122. The summed E-state index contributed by atoms with van der Waals surface area (Å²) in [5.41, 5.74) is 3.32. The molecule has 2 amide bonds. The van der Waals surface area contributed by atoms with Crippen LogP contribution in [0.3, 0.4) is 0 Å². The first-order valence-electron chi connectivity index (χ1n) is 9.74. The highest BCUT2D eigenvalue weighted by molar-refractivity contribution is 6.30. The summed E-state index contributed by atoms with van der Waals surface area (Å²) in [4.78, 5) is 27.1. The molecular weight excluding hydrogens is 400 g/mol. The number of hydrogen-bond donors (Lipinski definition) is 1. The Kier molecular flexibility index (Phi) is 5.72. The Morgan fingerprint density at radius 1 is 1.03 bits per heavy atom. The standard InChI is InChI=1S/C24H21ClN2O3/c1-16(30-21-7-4-6-19(25)15-21)23(28)26-20-11-9-18(10-12-20)24(29)27-14-13-17-5-2-3-8-22(17)27/h2-12,15-16H,13-14H2,1H3,(H,26,28). The largest absolute Gasteiger partial charge is 0.481 e. The summed E-state index contributed by atoms with van der Waals surface area (Å²) < 4.78 is 5.63. The summed E-state index contributed by atoms with van der Waals surface area (Å²) >= 11 is 5.94. The van der Waals surface area contributed by atoms with Crippen molar-refractivity contribution in [3.8, 4) is 5.75 Å². The van der Waals surface area contributed by atoms with Crippen LogP contribution in [0.5, 0.6) is 5.75 Å². The van der Waals surface area contributed by atoms with E-state index in [1.807, 2.05) is 24.3 Å². The minimum absolute atomic E-state index is 0.0458. The molecule has 30 heavy (non-hydrogen) atoms. The van der Waals surface area contributed by atoms with Crippen molar-refractivity contribution in [1.29, 1.82) is 0 Å². The Hall–Kier alpha value is -3.31. The number of ether oxygens (including phenoxy) is 1.